The topological polar surface area (TPSA) is 83.9 Å². The summed E-state index contributed by atoms with van der Waals surface area (Å²) in [7, 11) is 0. The number of hydroxylamine groups is 4. The first-order chi connectivity index (χ1) is 9.79. The van der Waals surface area contributed by atoms with E-state index in [9.17, 15) is 10.4 Å². The van der Waals surface area contributed by atoms with Gasteiger partial charge in [-0.3, -0.25) is 0 Å². The van der Waals surface area contributed by atoms with Crippen LogP contribution < -0.4 is 0 Å². The summed E-state index contributed by atoms with van der Waals surface area (Å²) in [6, 6.07) is 0. The highest BCUT2D eigenvalue weighted by atomic mass is 16.6. The Morgan fingerprint density at radius 3 is 0.950 bits per heavy atom. The Bertz CT molecular complexity index is 180. The molecule has 8 nitrogen and oxygen atoms in total. The lowest BCUT2D eigenvalue weighted by Gasteiger charge is -2.17. The number of nitrogens with zero attached hydrogens (tertiary/aromatic N) is 2. The highest BCUT2D eigenvalue weighted by Gasteiger charge is 2.03. The summed E-state index contributed by atoms with van der Waals surface area (Å²) in [6.07, 6.45) is 0. The highest BCUT2D eigenvalue weighted by Crippen LogP contribution is 1.89. The predicted octanol–water partition coefficient (Wildman–Crippen LogP) is -0.551. The van der Waals surface area contributed by atoms with Crippen LogP contribution >= 0.6 is 0 Å². The lowest BCUT2D eigenvalue weighted by atomic mass is 10.5. The summed E-state index contributed by atoms with van der Waals surface area (Å²) in [6.45, 7) is 5.38. The third kappa shape index (κ3) is 10.5. The first kappa shape index (κ1) is 17.7. The van der Waals surface area contributed by atoms with Crippen molar-refractivity contribution in [3.8, 4) is 0 Å². The quantitative estimate of drug-likeness (QED) is 0.616. The lowest BCUT2D eigenvalue weighted by molar-refractivity contribution is -0.128. The third-order valence-electron chi connectivity index (χ3n) is 2.72. The first-order valence-corrected chi connectivity index (χ1v) is 6.97. The van der Waals surface area contributed by atoms with Gasteiger partial charge in [0.1, 0.15) is 0 Å². The third-order valence-corrected chi connectivity index (χ3v) is 2.72. The van der Waals surface area contributed by atoms with Gasteiger partial charge >= 0.3 is 0 Å². The molecule has 20 heavy (non-hydrogen) atoms. The monoisotopic (exact) mass is 294 g/mol. The molecule has 8 heteroatoms. The molecule has 2 N–H and O–H groups in total. The summed E-state index contributed by atoms with van der Waals surface area (Å²) in [4.78, 5) is 0. The van der Waals surface area contributed by atoms with Gasteiger partial charge < -0.3 is 29.4 Å². The minimum absolute atomic E-state index is 0.435. The van der Waals surface area contributed by atoms with Gasteiger partial charge in [-0.2, -0.15) is 10.1 Å². The Kier molecular flexibility index (Phi) is 11.0. The van der Waals surface area contributed by atoms with E-state index >= 15 is 0 Å². The first-order valence-electron chi connectivity index (χ1n) is 6.97. The molecule has 1 aliphatic rings. The molecule has 0 unspecified atom stereocenters. The second-order valence-corrected chi connectivity index (χ2v) is 4.36. The fraction of sp³-hybridized carbons (Fsp3) is 1.00. The van der Waals surface area contributed by atoms with Crippen molar-refractivity contribution in [1.29, 1.82) is 0 Å². The molecule has 1 heterocycles. The van der Waals surface area contributed by atoms with Gasteiger partial charge in [0, 0.05) is 26.2 Å². The van der Waals surface area contributed by atoms with Gasteiger partial charge in [-0.25, -0.2) is 0 Å². The summed E-state index contributed by atoms with van der Waals surface area (Å²) in [5.41, 5.74) is 0. The zero-order valence-electron chi connectivity index (χ0n) is 11.9. The predicted molar refractivity (Wildman–Crippen MR) is 70.0 cm³/mol. The smallest absolute Gasteiger partial charge is 0.0701 e. The molecule has 0 spiro atoms. The molecular formula is C12H26N2O6. The van der Waals surface area contributed by atoms with Crippen molar-refractivity contribution < 1.29 is 29.4 Å². The van der Waals surface area contributed by atoms with Crippen molar-refractivity contribution in [3.63, 3.8) is 0 Å². The van der Waals surface area contributed by atoms with Crippen LogP contribution in [0.2, 0.25) is 0 Å². The Labute approximate surface area is 119 Å². The standard InChI is InChI=1S/C12H26N2O6/c15-13-1-5-17-9-10-19-7-3-14(16)4-8-20-12-11-18-6-2-13/h15-16H,1-12H2. The van der Waals surface area contributed by atoms with Gasteiger partial charge in [-0.1, -0.05) is 0 Å². The van der Waals surface area contributed by atoms with Crippen LogP contribution in [0.4, 0.5) is 0 Å². The molecule has 1 rings (SSSR count). The summed E-state index contributed by atoms with van der Waals surface area (Å²) >= 11 is 0. The average molecular weight is 294 g/mol. The molecule has 0 aliphatic carbocycles. The molecule has 0 aromatic heterocycles. The van der Waals surface area contributed by atoms with E-state index in [1.165, 1.54) is 10.1 Å². The zero-order valence-corrected chi connectivity index (χ0v) is 11.9. The van der Waals surface area contributed by atoms with Crippen molar-refractivity contribution in [2.75, 3.05) is 79.0 Å². The van der Waals surface area contributed by atoms with E-state index in [0.717, 1.165) is 0 Å². The van der Waals surface area contributed by atoms with Crippen LogP contribution in [0.1, 0.15) is 0 Å². The van der Waals surface area contributed by atoms with E-state index in [1.807, 2.05) is 0 Å². The van der Waals surface area contributed by atoms with E-state index in [1.54, 1.807) is 0 Å². The maximum absolute atomic E-state index is 9.51. The van der Waals surface area contributed by atoms with Gasteiger partial charge in [-0.05, 0) is 0 Å². The van der Waals surface area contributed by atoms with E-state index in [4.69, 9.17) is 18.9 Å². The molecule has 1 fully saturated rings. The van der Waals surface area contributed by atoms with Gasteiger partial charge in [0.2, 0.25) is 0 Å². The van der Waals surface area contributed by atoms with E-state index < -0.39 is 0 Å². The van der Waals surface area contributed by atoms with Crippen LogP contribution in [0, 0.1) is 0 Å². The van der Waals surface area contributed by atoms with Crippen LogP contribution in [-0.2, 0) is 18.9 Å². The fourth-order valence-electron chi connectivity index (χ4n) is 1.55. The minimum Gasteiger partial charge on any atom is -0.378 e. The van der Waals surface area contributed by atoms with Crippen LogP contribution in [-0.4, -0.2) is 99.6 Å². The summed E-state index contributed by atoms with van der Waals surface area (Å²) in [5.74, 6) is 0. The highest BCUT2D eigenvalue weighted by molar-refractivity contribution is 4.47. The molecule has 0 bridgehead atoms. The van der Waals surface area contributed by atoms with Gasteiger partial charge in [-0.15, -0.1) is 0 Å². The normalized spacial score (nSPS) is 24.9. The van der Waals surface area contributed by atoms with E-state index in [0.29, 0.717) is 79.0 Å². The molecule has 1 aliphatic heterocycles. The van der Waals surface area contributed by atoms with Gasteiger partial charge in [0.05, 0.1) is 52.9 Å². The van der Waals surface area contributed by atoms with E-state index in [2.05, 4.69) is 0 Å². The largest absolute Gasteiger partial charge is 0.378 e. The Morgan fingerprint density at radius 1 is 0.450 bits per heavy atom. The molecule has 0 atom stereocenters. The van der Waals surface area contributed by atoms with Gasteiger partial charge in [0.15, 0.2) is 0 Å². The lowest BCUT2D eigenvalue weighted by Crippen LogP contribution is -2.30. The van der Waals surface area contributed by atoms with Crippen molar-refractivity contribution >= 4 is 0 Å². The Balaban J connectivity index is 2.16. The Hall–Kier alpha value is -0.320. The second kappa shape index (κ2) is 12.4. The van der Waals surface area contributed by atoms with Crippen LogP contribution in [0.3, 0.4) is 0 Å². The summed E-state index contributed by atoms with van der Waals surface area (Å²) < 4.78 is 21.3. The molecular weight excluding hydrogens is 268 g/mol. The fourth-order valence-corrected chi connectivity index (χ4v) is 1.55. The molecule has 0 amide bonds. The molecule has 0 radical (unpaired) electrons. The van der Waals surface area contributed by atoms with Crippen molar-refractivity contribution in [1.82, 2.24) is 10.1 Å². The van der Waals surface area contributed by atoms with Crippen molar-refractivity contribution in [2.24, 2.45) is 0 Å². The zero-order chi connectivity index (χ0) is 14.5. The average Bonchev–Trinajstić information content (AvgIpc) is 2.43. The maximum atomic E-state index is 9.51. The van der Waals surface area contributed by atoms with Crippen LogP contribution in [0.15, 0.2) is 0 Å². The second-order valence-electron chi connectivity index (χ2n) is 4.36. The van der Waals surface area contributed by atoms with Crippen LogP contribution in [0.25, 0.3) is 0 Å². The SMILES string of the molecule is ON1CCOCCOCCN(O)CCOCCOCC1. The Morgan fingerprint density at radius 2 is 0.700 bits per heavy atom. The molecule has 120 valence electrons. The minimum atomic E-state index is 0.435. The number of ether oxygens (including phenoxy) is 4. The van der Waals surface area contributed by atoms with Crippen molar-refractivity contribution in [3.05, 3.63) is 0 Å². The molecule has 0 saturated carbocycles. The number of hydrogen-bond donors (Lipinski definition) is 2. The molecule has 0 aromatic rings. The van der Waals surface area contributed by atoms with Crippen LogP contribution in [0.5, 0.6) is 0 Å². The molecule has 0 aromatic carbocycles. The van der Waals surface area contributed by atoms with Crippen molar-refractivity contribution in [2.45, 2.75) is 0 Å². The number of rotatable bonds is 0. The number of hydrogen-bond acceptors (Lipinski definition) is 8. The van der Waals surface area contributed by atoms with Gasteiger partial charge in [0.25, 0.3) is 0 Å². The maximum Gasteiger partial charge on any atom is 0.0701 e. The summed E-state index contributed by atoms with van der Waals surface area (Å²) in [5, 5.41) is 21.4. The van der Waals surface area contributed by atoms with E-state index in [-0.39, 0.29) is 0 Å². The molecule has 1 saturated heterocycles.